The summed E-state index contributed by atoms with van der Waals surface area (Å²) in [6, 6.07) is 10.9. The van der Waals surface area contributed by atoms with Crippen LogP contribution in [0.2, 0.25) is 0 Å². The van der Waals surface area contributed by atoms with Gasteiger partial charge in [-0.3, -0.25) is 4.79 Å². The van der Waals surface area contributed by atoms with E-state index in [9.17, 15) is 4.79 Å². The van der Waals surface area contributed by atoms with Gasteiger partial charge in [0.05, 0.1) is 18.8 Å². The SMILES string of the molecule is O=C(c1cncnc1)N1CC[C@H]2[C@@H](COCCN2c2ccccc2)C1. The van der Waals surface area contributed by atoms with E-state index in [2.05, 4.69) is 39.1 Å². The number of ether oxygens (including phenoxy) is 1. The number of piperidine rings is 1. The van der Waals surface area contributed by atoms with Gasteiger partial charge in [0, 0.05) is 49.7 Å². The van der Waals surface area contributed by atoms with Gasteiger partial charge in [0.25, 0.3) is 5.91 Å². The quantitative estimate of drug-likeness (QED) is 0.836. The van der Waals surface area contributed by atoms with Gasteiger partial charge in [-0.25, -0.2) is 9.97 Å². The van der Waals surface area contributed by atoms with Crippen molar-refractivity contribution in [2.45, 2.75) is 12.5 Å². The first-order valence-electron chi connectivity index (χ1n) is 8.76. The summed E-state index contributed by atoms with van der Waals surface area (Å²) in [6.45, 7) is 3.77. The van der Waals surface area contributed by atoms with Crippen molar-refractivity contribution in [3.05, 3.63) is 54.6 Å². The molecule has 6 nitrogen and oxygen atoms in total. The average molecular weight is 338 g/mol. The third kappa shape index (κ3) is 3.35. The molecule has 0 saturated carbocycles. The van der Waals surface area contributed by atoms with Crippen LogP contribution in [0.5, 0.6) is 0 Å². The van der Waals surface area contributed by atoms with Crippen molar-refractivity contribution in [3.8, 4) is 0 Å². The van der Waals surface area contributed by atoms with E-state index in [0.717, 1.165) is 26.1 Å². The number of benzene rings is 1. The molecule has 2 fully saturated rings. The first-order chi connectivity index (χ1) is 12.3. The highest BCUT2D eigenvalue weighted by molar-refractivity contribution is 5.93. The lowest BCUT2D eigenvalue weighted by Gasteiger charge is -2.43. The van der Waals surface area contributed by atoms with Crippen molar-refractivity contribution in [3.63, 3.8) is 0 Å². The highest BCUT2D eigenvalue weighted by Gasteiger charge is 2.37. The van der Waals surface area contributed by atoms with E-state index in [-0.39, 0.29) is 5.91 Å². The zero-order valence-corrected chi connectivity index (χ0v) is 14.1. The Morgan fingerprint density at radius 3 is 2.72 bits per heavy atom. The average Bonchev–Trinajstić information content (AvgIpc) is 2.90. The second kappa shape index (κ2) is 7.19. The number of carbonyl (C=O) groups excluding carboxylic acids is 1. The fourth-order valence-corrected chi connectivity index (χ4v) is 3.87. The Morgan fingerprint density at radius 1 is 1.12 bits per heavy atom. The largest absolute Gasteiger partial charge is 0.379 e. The van der Waals surface area contributed by atoms with Crippen LogP contribution >= 0.6 is 0 Å². The molecule has 2 saturated heterocycles. The van der Waals surface area contributed by atoms with E-state index in [4.69, 9.17) is 4.74 Å². The molecule has 130 valence electrons. The van der Waals surface area contributed by atoms with Gasteiger partial charge >= 0.3 is 0 Å². The number of likely N-dealkylation sites (tertiary alicyclic amines) is 1. The molecule has 1 aromatic heterocycles. The lowest BCUT2D eigenvalue weighted by atomic mass is 9.90. The van der Waals surface area contributed by atoms with E-state index < -0.39 is 0 Å². The van der Waals surface area contributed by atoms with Crippen molar-refractivity contribution in [2.24, 2.45) is 5.92 Å². The number of amides is 1. The van der Waals surface area contributed by atoms with Crippen LogP contribution in [0.1, 0.15) is 16.8 Å². The molecule has 0 N–H and O–H groups in total. The van der Waals surface area contributed by atoms with Crippen molar-refractivity contribution in [2.75, 3.05) is 37.7 Å². The smallest absolute Gasteiger partial charge is 0.257 e. The molecule has 2 aliphatic heterocycles. The molecule has 3 heterocycles. The predicted molar refractivity (Wildman–Crippen MR) is 94.4 cm³/mol. The van der Waals surface area contributed by atoms with Gasteiger partial charge in [-0.1, -0.05) is 18.2 Å². The van der Waals surface area contributed by atoms with E-state index in [1.54, 1.807) is 12.4 Å². The van der Waals surface area contributed by atoms with E-state index in [1.807, 2.05) is 11.0 Å². The second-order valence-corrected chi connectivity index (χ2v) is 6.60. The van der Waals surface area contributed by atoms with Gasteiger partial charge < -0.3 is 14.5 Å². The van der Waals surface area contributed by atoms with Crippen LogP contribution in [0, 0.1) is 5.92 Å². The Bertz CT molecular complexity index is 710. The minimum atomic E-state index is 0.00885. The normalized spacial score (nSPS) is 23.7. The van der Waals surface area contributed by atoms with Gasteiger partial charge in [-0.2, -0.15) is 0 Å². The molecule has 4 rings (SSSR count). The molecule has 1 amide bonds. The third-order valence-corrected chi connectivity index (χ3v) is 5.09. The number of para-hydroxylation sites is 1. The van der Waals surface area contributed by atoms with E-state index in [1.165, 1.54) is 12.0 Å². The van der Waals surface area contributed by atoms with Crippen molar-refractivity contribution in [1.29, 1.82) is 0 Å². The van der Waals surface area contributed by atoms with Crippen LogP contribution in [0.3, 0.4) is 0 Å². The first kappa shape index (κ1) is 16.0. The molecule has 6 heteroatoms. The molecule has 2 aromatic rings. The summed E-state index contributed by atoms with van der Waals surface area (Å²) in [5.74, 6) is 0.319. The number of hydrogen-bond donors (Lipinski definition) is 0. The fraction of sp³-hybridized carbons (Fsp3) is 0.421. The van der Waals surface area contributed by atoms with Crippen molar-refractivity contribution in [1.82, 2.24) is 14.9 Å². The maximum Gasteiger partial charge on any atom is 0.257 e. The molecular weight excluding hydrogens is 316 g/mol. The summed E-state index contributed by atoms with van der Waals surface area (Å²) < 4.78 is 5.85. The molecule has 2 atom stereocenters. The summed E-state index contributed by atoms with van der Waals surface area (Å²) in [6.07, 6.45) is 5.56. The van der Waals surface area contributed by atoms with Crippen LogP contribution in [0.4, 0.5) is 5.69 Å². The Morgan fingerprint density at radius 2 is 1.92 bits per heavy atom. The van der Waals surface area contributed by atoms with Gasteiger partial charge in [0.15, 0.2) is 0 Å². The van der Waals surface area contributed by atoms with Crippen molar-refractivity contribution >= 4 is 11.6 Å². The number of nitrogens with zero attached hydrogens (tertiary/aromatic N) is 4. The van der Waals surface area contributed by atoms with Gasteiger partial charge in [0.1, 0.15) is 6.33 Å². The molecule has 2 aliphatic rings. The number of hydrogen-bond acceptors (Lipinski definition) is 5. The van der Waals surface area contributed by atoms with Gasteiger partial charge in [0.2, 0.25) is 0 Å². The van der Waals surface area contributed by atoms with Crippen LogP contribution in [-0.2, 0) is 4.74 Å². The summed E-state index contributed by atoms with van der Waals surface area (Å²) in [5.41, 5.74) is 1.79. The summed E-state index contributed by atoms with van der Waals surface area (Å²) in [4.78, 5) is 25.0. The molecule has 0 unspecified atom stereocenters. The van der Waals surface area contributed by atoms with Crippen LogP contribution in [-0.4, -0.2) is 59.7 Å². The van der Waals surface area contributed by atoms with Crippen LogP contribution in [0.15, 0.2) is 49.1 Å². The standard InChI is InChI=1S/C19H22N4O2/c24-19(15-10-20-14-21-11-15)22-7-6-18-16(12-22)13-25-9-8-23(18)17-4-2-1-3-5-17/h1-5,10-11,14,16,18H,6-9,12-13H2/t16-,18+/m1/s1. The maximum absolute atomic E-state index is 12.7. The molecule has 0 bridgehead atoms. The van der Waals surface area contributed by atoms with E-state index >= 15 is 0 Å². The van der Waals surface area contributed by atoms with E-state index in [0.29, 0.717) is 30.7 Å². The molecule has 25 heavy (non-hydrogen) atoms. The number of aromatic nitrogens is 2. The fourth-order valence-electron chi connectivity index (χ4n) is 3.87. The zero-order valence-electron chi connectivity index (χ0n) is 14.1. The number of rotatable bonds is 2. The molecule has 0 aliphatic carbocycles. The van der Waals surface area contributed by atoms with Crippen LogP contribution < -0.4 is 4.90 Å². The Balaban J connectivity index is 1.52. The number of carbonyl (C=O) groups is 1. The minimum absolute atomic E-state index is 0.00885. The zero-order chi connectivity index (χ0) is 17.1. The van der Waals surface area contributed by atoms with Crippen molar-refractivity contribution < 1.29 is 9.53 Å². The molecule has 1 aromatic carbocycles. The molecular formula is C19H22N4O2. The minimum Gasteiger partial charge on any atom is -0.379 e. The number of fused-ring (bicyclic) bond motifs is 1. The molecule has 0 spiro atoms. The topological polar surface area (TPSA) is 58.6 Å². The highest BCUT2D eigenvalue weighted by Crippen LogP contribution is 2.29. The van der Waals surface area contributed by atoms with Crippen LogP contribution in [0.25, 0.3) is 0 Å². The Labute approximate surface area is 147 Å². The maximum atomic E-state index is 12.7. The first-order valence-corrected chi connectivity index (χ1v) is 8.76. The van der Waals surface area contributed by atoms with Gasteiger partial charge in [-0.05, 0) is 18.6 Å². The summed E-state index contributed by atoms with van der Waals surface area (Å²) in [7, 11) is 0. The second-order valence-electron chi connectivity index (χ2n) is 6.60. The number of anilines is 1. The van der Waals surface area contributed by atoms with Gasteiger partial charge in [-0.15, -0.1) is 0 Å². The summed E-state index contributed by atoms with van der Waals surface area (Å²) >= 11 is 0. The predicted octanol–water partition coefficient (Wildman–Crippen LogP) is 1.84. The monoisotopic (exact) mass is 338 g/mol. The summed E-state index contributed by atoms with van der Waals surface area (Å²) in [5, 5.41) is 0. The lowest BCUT2D eigenvalue weighted by Crippen LogP contribution is -2.53. The Hall–Kier alpha value is -2.47. The third-order valence-electron chi connectivity index (χ3n) is 5.09. The lowest BCUT2D eigenvalue weighted by molar-refractivity contribution is 0.0520. The Kier molecular flexibility index (Phi) is 4.61. The highest BCUT2D eigenvalue weighted by atomic mass is 16.5. The molecule has 0 radical (unpaired) electrons.